The van der Waals surface area contributed by atoms with Gasteiger partial charge in [0.2, 0.25) is 0 Å². The molecule has 0 fully saturated rings. The molecule has 1 rings (SSSR count). The van der Waals surface area contributed by atoms with Crippen molar-refractivity contribution in [2.75, 3.05) is 7.11 Å². The number of hydrogen-bond acceptors (Lipinski definition) is 1. The van der Waals surface area contributed by atoms with E-state index in [4.69, 9.17) is 6.11 Å². The summed E-state index contributed by atoms with van der Waals surface area (Å²) >= 11 is 0. The molecule has 1 aromatic carbocycles. The lowest BCUT2D eigenvalue weighted by atomic mass is 10.00. The average Bonchev–Trinajstić information content (AvgIpc) is 2.27. The molecule has 0 heterocycles. The molecule has 0 bridgehead atoms. The summed E-state index contributed by atoms with van der Waals surface area (Å²) in [7, 11) is 1.70. The van der Waals surface area contributed by atoms with Crippen LogP contribution in [0, 0.1) is 13.8 Å². The highest BCUT2D eigenvalue weighted by Gasteiger charge is 2.11. The van der Waals surface area contributed by atoms with Crippen molar-refractivity contribution in [3.05, 3.63) is 41.0 Å². The highest BCUT2D eigenvalue weighted by atomic mass is 16.5. The van der Waals surface area contributed by atoms with Gasteiger partial charge in [-0.3, -0.25) is 0 Å². The first-order valence-electron chi connectivity index (χ1n) is 5.83. The fraction of sp³-hybridized carbons (Fsp3) is 0.429. The Morgan fingerprint density at radius 2 is 2.00 bits per heavy atom. The Morgan fingerprint density at radius 3 is 2.60 bits per heavy atom. The molecule has 0 saturated carbocycles. The largest absolute Gasteiger partial charge is 0.375 e. The minimum Gasteiger partial charge on any atom is -0.375 e. The van der Waals surface area contributed by atoms with Gasteiger partial charge in [0.25, 0.3) is 0 Å². The minimum absolute atomic E-state index is 0.262. The Balaban J connectivity index is 3.05. The van der Waals surface area contributed by atoms with Gasteiger partial charge in [0.05, 0.1) is 5.60 Å². The predicted octanol–water partition coefficient (Wildman–Crippen LogP) is 3.74. The molecular weight excluding hydrogens is 184 g/mol. The molecule has 0 saturated heterocycles. The predicted molar refractivity (Wildman–Crippen MR) is 66.0 cm³/mol. The summed E-state index contributed by atoms with van der Waals surface area (Å²) in [5.41, 5.74) is 3.14. The Labute approximate surface area is 94.2 Å². The normalized spacial score (nSPS) is 13.2. The van der Waals surface area contributed by atoms with Crippen molar-refractivity contribution >= 4 is 6.08 Å². The number of hydrogen-bond donors (Lipinski definition) is 0. The summed E-state index contributed by atoms with van der Waals surface area (Å²) < 4.78 is 12.8. The molecular formula is C14H20O. The van der Waals surface area contributed by atoms with E-state index in [0.717, 1.165) is 11.1 Å². The topological polar surface area (TPSA) is 9.23 Å². The maximum atomic E-state index is 7.50. The second kappa shape index (κ2) is 4.63. The molecule has 0 aromatic heterocycles. The van der Waals surface area contributed by atoms with E-state index in [1.807, 2.05) is 32.1 Å². The van der Waals surface area contributed by atoms with Gasteiger partial charge in [0, 0.05) is 8.48 Å². The molecule has 0 aliphatic carbocycles. The zero-order valence-corrected chi connectivity index (χ0v) is 10.0. The van der Waals surface area contributed by atoms with Gasteiger partial charge in [-0.25, -0.2) is 0 Å². The summed E-state index contributed by atoms with van der Waals surface area (Å²) in [6.45, 7) is 6.41. The summed E-state index contributed by atoms with van der Waals surface area (Å²) in [4.78, 5) is 0. The van der Waals surface area contributed by atoms with Crippen LogP contribution in [0.4, 0.5) is 0 Å². The van der Waals surface area contributed by atoms with Gasteiger partial charge in [-0.2, -0.15) is 0 Å². The van der Waals surface area contributed by atoms with E-state index in [1.165, 1.54) is 5.56 Å². The van der Waals surface area contributed by atoms with E-state index >= 15 is 0 Å². The highest BCUT2D eigenvalue weighted by molar-refractivity contribution is 5.58. The van der Waals surface area contributed by atoms with Crippen LogP contribution in [-0.4, -0.2) is 12.7 Å². The van der Waals surface area contributed by atoms with Crippen LogP contribution in [0.3, 0.4) is 0 Å². The SMILES string of the molecule is [2H]Cc1cccc(C)c1/C=C/C(C)(C)OC. The van der Waals surface area contributed by atoms with Crippen molar-refractivity contribution in [1.82, 2.24) is 0 Å². The molecule has 0 aliphatic heterocycles. The van der Waals surface area contributed by atoms with Crippen molar-refractivity contribution in [3.8, 4) is 0 Å². The van der Waals surface area contributed by atoms with Crippen LogP contribution in [0.25, 0.3) is 6.08 Å². The smallest absolute Gasteiger partial charge is 0.0805 e. The van der Waals surface area contributed by atoms with Crippen LogP contribution in [0.5, 0.6) is 0 Å². The van der Waals surface area contributed by atoms with E-state index in [-0.39, 0.29) is 5.60 Å². The number of methoxy groups -OCH3 is 1. The summed E-state index contributed by atoms with van der Waals surface area (Å²) in [6, 6.07) is 6.07. The number of benzene rings is 1. The fourth-order valence-electron chi connectivity index (χ4n) is 1.33. The van der Waals surface area contributed by atoms with Crippen LogP contribution < -0.4 is 0 Å². The summed E-state index contributed by atoms with van der Waals surface area (Å²) in [6.07, 6.45) is 4.09. The van der Waals surface area contributed by atoms with Crippen molar-refractivity contribution in [2.45, 2.75) is 33.3 Å². The Kier molecular flexibility index (Phi) is 3.22. The van der Waals surface area contributed by atoms with Gasteiger partial charge in [-0.15, -0.1) is 0 Å². The average molecular weight is 205 g/mol. The molecule has 15 heavy (non-hydrogen) atoms. The van der Waals surface area contributed by atoms with Gasteiger partial charge >= 0.3 is 0 Å². The zero-order valence-electron chi connectivity index (χ0n) is 11.0. The quantitative estimate of drug-likeness (QED) is 0.730. The van der Waals surface area contributed by atoms with E-state index in [0.29, 0.717) is 6.90 Å². The van der Waals surface area contributed by atoms with E-state index in [1.54, 1.807) is 7.11 Å². The van der Waals surface area contributed by atoms with Gasteiger partial charge in [-0.05, 0) is 44.4 Å². The Morgan fingerprint density at radius 1 is 1.33 bits per heavy atom. The standard InChI is InChI=1S/C14H20O/c1-11-7-6-8-12(2)13(11)9-10-14(3,4)15-5/h6-10H,1-5H3/b10-9+/i1D. The summed E-state index contributed by atoms with van der Waals surface area (Å²) in [5, 5.41) is 0. The van der Waals surface area contributed by atoms with E-state index in [9.17, 15) is 0 Å². The van der Waals surface area contributed by atoms with Crippen molar-refractivity contribution < 1.29 is 6.11 Å². The van der Waals surface area contributed by atoms with Crippen molar-refractivity contribution in [1.29, 1.82) is 0 Å². The van der Waals surface area contributed by atoms with Crippen LogP contribution in [-0.2, 0) is 4.74 Å². The van der Waals surface area contributed by atoms with Gasteiger partial charge in [0.1, 0.15) is 0 Å². The third kappa shape index (κ3) is 3.21. The van der Waals surface area contributed by atoms with Crippen molar-refractivity contribution in [2.24, 2.45) is 0 Å². The molecule has 0 amide bonds. The van der Waals surface area contributed by atoms with Gasteiger partial charge in [0.15, 0.2) is 0 Å². The third-order valence-electron chi connectivity index (χ3n) is 2.59. The molecule has 0 spiro atoms. The van der Waals surface area contributed by atoms with Crippen LogP contribution in [0.1, 0.15) is 31.9 Å². The number of ether oxygens (including phenoxy) is 1. The fourth-order valence-corrected chi connectivity index (χ4v) is 1.33. The Hall–Kier alpha value is -1.08. The second-order valence-corrected chi connectivity index (χ2v) is 4.29. The first-order chi connectivity index (χ1) is 7.50. The highest BCUT2D eigenvalue weighted by Crippen LogP contribution is 2.18. The van der Waals surface area contributed by atoms with Gasteiger partial charge in [-0.1, -0.05) is 30.4 Å². The zero-order chi connectivity index (χ0) is 12.2. The van der Waals surface area contributed by atoms with Crippen molar-refractivity contribution in [3.63, 3.8) is 0 Å². The lowest BCUT2D eigenvalue weighted by Gasteiger charge is -2.18. The molecule has 82 valence electrons. The Bertz CT molecular complexity index is 380. The molecule has 0 radical (unpaired) electrons. The third-order valence-corrected chi connectivity index (χ3v) is 2.59. The first kappa shape index (κ1) is 10.4. The maximum Gasteiger partial charge on any atom is 0.0805 e. The number of aryl methyl sites for hydroxylation is 2. The molecule has 0 N–H and O–H groups in total. The maximum absolute atomic E-state index is 7.50. The molecule has 0 atom stereocenters. The molecule has 1 heteroatoms. The van der Waals surface area contributed by atoms with E-state index in [2.05, 4.69) is 19.1 Å². The molecule has 0 aliphatic rings. The minimum atomic E-state index is -0.262. The monoisotopic (exact) mass is 205 g/mol. The molecule has 1 aromatic rings. The lowest BCUT2D eigenvalue weighted by molar-refractivity contribution is 0.0663. The van der Waals surface area contributed by atoms with E-state index < -0.39 is 0 Å². The van der Waals surface area contributed by atoms with Crippen LogP contribution in [0.2, 0.25) is 0 Å². The second-order valence-electron chi connectivity index (χ2n) is 4.29. The van der Waals surface area contributed by atoms with Crippen LogP contribution in [0.15, 0.2) is 24.3 Å². The van der Waals surface area contributed by atoms with Gasteiger partial charge < -0.3 is 4.74 Å². The molecule has 0 unspecified atom stereocenters. The van der Waals surface area contributed by atoms with Crippen LogP contribution >= 0.6 is 0 Å². The number of rotatable bonds is 3. The first-order valence-corrected chi connectivity index (χ1v) is 5.12. The lowest BCUT2D eigenvalue weighted by Crippen LogP contribution is -2.18. The molecule has 1 nitrogen and oxygen atoms in total. The summed E-state index contributed by atoms with van der Waals surface area (Å²) in [5.74, 6) is 0.